The molecule has 53 heavy (non-hydrogen) atoms. The fourth-order valence-electron chi connectivity index (χ4n) is 6.34. The summed E-state index contributed by atoms with van der Waals surface area (Å²) >= 11 is 0. The van der Waals surface area contributed by atoms with Crippen molar-refractivity contribution in [2.45, 2.75) is 89.1 Å². The van der Waals surface area contributed by atoms with Crippen LogP contribution in [0.2, 0.25) is 0 Å². The Balaban J connectivity index is 1.51. The number of ether oxygens (including phenoxy) is 1. The molecule has 0 unspecified atom stereocenters. The lowest BCUT2D eigenvalue weighted by atomic mass is 9.97. The monoisotopic (exact) mass is 747 g/mol. The van der Waals surface area contributed by atoms with Gasteiger partial charge in [0.05, 0.1) is 5.56 Å². The van der Waals surface area contributed by atoms with Crippen LogP contribution in [-0.4, -0.2) is 52.1 Å². The molecule has 3 N–H and O–H groups in total. The maximum Gasteiger partial charge on any atom is 0.417 e. The molecule has 1 aliphatic carbocycles. The average Bonchev–Trinajstić information content (AvgIpc) is 3.63. The second kappa shape index (κ2) is 17.0. The van der Waals surface area contributed by atoms with Crippen LogP contribution in [0.25, 0.3) is 0 Å². The number of carbonyl (C=O) groups is 4. The molecule has 3 heterocycles. The number of hydrogen-bond donors (Lipinski definition) is 3. The van der Waals surface area contributed by atoms with E-state index < -0.39 is 76.8 Å². The van der Waals surface area contributed by atoms with Crippen molar-refractivity contribution < 1.29 is 50.4 Å². The van der Waals surface area contributed by atoms with Crippen molar-refractivity contribution in [2.24, 2.45) is 5.92 Å². The third kappa shape index (κ3) is 10.4. The van der Waals surface area contributed by atoms with Crippen molar-refractivity contribution in [2.75, 3.05) is 11.9 Å². The highest BCUT2D eigenvalue weighted by Gasteiger charge is 2.36. The summed E-state index contributed by atoms with van der Waals surface area (Å²) in [6.07, 6.45) is 2.39. The van der Waals surface area contributed by atoms with E-state index in [4.69, 9.17) is 9.26 Å². The van der Waals surface area contributed by atoms with Gasteiger partial charge in [-0.15, -0.1) is 0 Å². The van der Waals surface area contributed by atoms with E-state index in [1.165, 1.54) is 19.1 Å². The van der Waals surface area contributed by atoms with Crippen LogP contribution in [0.5, 0.6) is 0 Å². The van der Waals surface area contributed by atoms with E-state index in [-0.39, 0.29) is 35.4 Å². The molecule has 2 aromatic heterocycles. The van der Waals surface area contributed by atoms with E-state index >= 15 is 0 Å². The normalized spacial score (nSPS) is 17.9. The molecule has 2 aliphatic rings. The summed E-state index contributed by atoms with van der Waals surface area (Å²) in [7, 11) is 0. The van der Waals surface area contributed by atoms with Gasteiger partial charge in [-0.05, 0) is 69.2 Å². The fourth-order valence-corrected chi connectivity index (χ4v) is 6.34. The molecule has 284 valence electrons. The highest BCUT2D eigenvalue weighted by molar-refractivity contribution is 6.02. The number of aryl methyl sites for hydroxylation is 1. The average molecular weight is 748 g/mol. The molecule has 17 heteroatoms. The Morgan fingerprint density at radius 1 is 1.06 bits per heavy atom. The van der Waals surface area contributed by atoms with Gasteiger partial charge in [-0.1, -0.05) is 30.1 Å². The second-order valence-corrected chi connectivity index (χ2v) is 13.1. The van der Waals surface area contributed by atoms with Crippen LogP contribution in [0.3, 0.4) is 0 Å². The lowest BCUT2D eigenvalue weighted by molar-refractivity contribution is -0.143. The molecular formula is C36H38F5N5O7. The smallest absolute Gasteiger partial charge is 0.417 e. The Kier molecular flexibility index (Phi) is 12.5. The summed E-state index contributed by atoms with van der Waals surface area (Å²) in [6, 6.07) is 1.23. The summed E-state index contributed by atoms with van der Waals surface area (Å²) in [6.45, 7) is 1.82. The SMILES string of the molecule is Cc1cc(C(=O)Nc2cc(C(F)(F)F)cn([C@@H](Cc3ccc(F)c(F)c3)C(=O)N[C@H](/C=C/C(=O)OC3CCCCCC3)C[C@@H]3CCNC3=O)c2=O)no1. The lowest BCUT2D eigenvalue weighted by Gasteiger charge is -2.25. The van der Waals surface area contributed by atoms with Gasteiger partial charge < -0.3 is 29.8 Å². The quantitative estimate of drug-likeness (QED) is 0.0973. The number of aromatic nitrogens is 2. The number of nitrogens with one attached hydrogen (secondary N) is 3. The number of halogens is 5. The third-order valence-electron chi connectivity index (χ3n) is 9.11. The van der Waals surface area contributed by atoms with Gasteiger partial charge in [0.15, 0.2) is 17.3 Å². The van der Waals surface area contributed by atoms with Gasteiger partial charge in [-0.2, -0.15) is 13.2 Å². The molecule has 5 rings (SSSR count). The summed E-state index contributed by atoms with van der Waals surface area (Å²) in [5.74, 6) is -6.09. The number of alkyl halides is 3. The van der Waals surface area contributed by atoms with E-state index in [9.17, 15) is 45.9 Å². The minimum absolute atomic E-state index is 0.0292. The van der Waals surface area contributed by atoms with Gasteiger partial charge in [-0.25, -0.2) is 13.6 Å². The fraction of sp³-hybridized carbons (Fsp3) is 0.444. The first-order valence-electron chi connectivity index (χ1n) is 17.2. The van der Waals surface area contributed by atoms with Gasteiger partial charge in [0.2, 0.25) is 11.8 Å². The predicted octanol–water partition coefficient (Wildman–Crippen LogP) is 5.31. The Bertz CT molecular complexity index is 1920. The van der Waals surface area contributed by atoms with Crippen LogP contribution in [-0.2, 0) is 31.7 Å². The minimum atomic E-state index is -5.08. The number of pyridine rings is 1. The number of anilines is 1. The Hall–Kier alpha value is -5.35. The van der Waals surface area contributed by atoms with Crippen LogP contribution in [0.1, 0.15) is 84.8 Å². The zero-order valence-corrected chi connectivity index (χ0v) is 28.6. The molecule has 0 radical (unpaired) electrons. The minimum Gasteiger partial charge on any atom is -0.459 e. The van der Waals surface area contributed by atoms with Gasteiger partial charge in [0, 0.05) is 43.3 Å². The van der Waals surface area contributed by atoms with Gasteiger partial charge in [0.1, 0.15) is 23.6 Å². The van der Waals surface area contributed by atoms with Crippen LogP contribution in [0, 0.1) is 24.5 Å². The standard InChI is InChI=1S/C36H38F5N5O7/c1-20-14-28(45-53-20)33(49)44-29-18-23(36(39,40)41)19-46(35(29)51)30(16-21-8-10-26(37)27(38)15-21)34(50)43-24(17-22-12-13-42-32(22)48)9-11-31(47)52-25-6-4-2-3-5-7-25/h8-11,14-15,18-19,22,24-25,30H,2-7,12-13,16-17H2,1H3,(H,42,48)(H,43,50)(H,44,49)/b11-9+/t22-,24+,30-/m0/s1. The first-order chi connectivity index (χ1) is 25.2. The van der Waals surface area contributed by atoms with Crippen molar-refractivity contribution in [1.82, 2.24) is 20.4 Å². The summed E-state index contributed by atoms with van der Waals surface area (Å²) in [5.41, 5.74) is -3.94. The van der Waals surface area contributed by atoms with Crippen molar-refractivity contribution in [3.8, 4) is 0 Å². The summed E-state index contributed by atoms with van der Waals surface area (Å²) in [4.78, 5) is 66.1. The van der Waals surface area contributed by atoms with E-state index in [0.29, 0.717) is 42.6 Å². The predicted molar refractivity (Wildman–Crippen MR) is 178 cm³/mol. The highest BCUT2D eigenvalue weighted by Crippen LogP contribution is 2.31. The first-order valence-corrected chi connectivity index (χ1v) is 17.2. The first kappa shape index (κ1) is 38.9. The molecule has 3 amide bonds. The molecule has 2 fully saturated rings. The zero-order chi connectivity index (χ0) is 38.3. The van der Waals surface area contributed by atoms with Crippen LogP contribution < -0.4 is 21.5 Å². The van der Waals surface area contributed by atoms with E-state index in [2.05, 4.69) is 21.1 Å². The maximum atomic E-state index is 14.3. The molecule has 0 spiro atoms. The lowest BCUT2D eigenvalue weighted by Crippen LogP contribution is -2.44. The number of esters is 1. The summed E-state index contributed by atoms with van der Waals surface area (Å²) < 4.78 is 81.7. The number of amides is 3. The summed E-state index contributed by atoms with van der Waals surface area (Å²) in [5, 5.41) is 10.9. The molecule has 0 bridgehead atoms. The van der Waals surface area contributed by atoms with Crippen LogP contribution in [0.4, 0.5) is 27.6 Å². The zero-order valence-electron chi connectivity index (χ0n) is 28.6. The topological polar surface area (TPSA) is 162 Å². The van der Waals surface area contributed by atoms with Crippen LogP contribution >= 0.6 is 0 Å². The molecule has 3 aromatic rings. The Labute approximate surface area is 300 Å². The number of hydrogen-bond acceptors (Lipinski definition) is 8. The molecule has 1 aromatic carbocycles. The molecule has 12 nitrogen and oxygen atoms in total. The Morgan fingerprint density at radius 2 is 1.79 bits per heavy atom. The molecule has 1 saturated heterocycles. The number of rotatable bonds is 12. The van der Waals surface area contributed by atoms with Crippen molar-refractivity contribution in [3.63, 3.8) is 0 Å². The third-order valence-corrected chi connectivity index (χ3v) is 9.11. The second-order valence-electron chi connectivity index (χ2n) is 13.1. The Morgan fingerprint density at radius 3 is 2.42 bits per heavy atom. The molecule has 1 saturated carbocycles. The van der Waals surface area contributed by atoms with Crippen LogP contribution in [0.15, 0.2) is 58.0 Å². The van der Waals surface area contributed by atoms with Gasteiger partial charge >= 0.3 is 12.1 Å². The van der Waals surface area contributed by atoms with Crippen molar-refractivity contribution in [1.29, 1.82) is 0 Å². The van der Waals surface area contributed by atoms with E-state index in [1.807, 2.05) is 0 Å². The van der Waals surface area contributed by atoms with E-state index in [1.54, 1.807) is 0 Å². The molecular weight excluding hydrogens is 709 g/mol. The number of nitrogens with zero attached hydrogens (tertiary/aromatic N) is 2. The number of benzene rings is 1. The molecule has 3 atom stereocenters. The molecule has 1 aliphatic heterocycles. The van der Waals surface area contributed by atoms with Gasteiger partial charge in [-0.3, -0.25) is 19.2 Å². The van der Waals surface area contributed by atoms with Crippen molar-refractivity contribution in [3.05, 3.63) is 93.3 Å². The van der Waals surface area contributed by atoms with Crippen molar-refractivity contribution >= 4 is 29.4 Å². The largest absolute Gasteiger partial charge is 0.459 e. The number of carbonyl (C=O) groups excluding carboxylic acids is 4. The highest BCUT2D eigenvalue weighted by atomic mass is 19.4. The van der Waals surface area contributed by atoms with E-state index in [0.717, 1.165) is 50.0 Å². The maximum absolute atomic E-state index is 14.3. The van der Waals surface area contributed by atoms with Gasteiger partial charge in [0.25, 0.3) is 11.5 Å².